The number of carboxylic acids is 1. The van der Waals surface area contributed by atoms with Crippen LogP contribution in [0.1, 0.15) is 23.8 Å². The molecule has 2 atom stereocenters. The zero-order valence-electron chi connectivity index (χ0n) is 10.6. The summed E-state index contributed by atoms with van der Waals surface area (Å²) in [4.78, 5) is 25.0. The van der Waals surface area contributed by atoms with E-state index in [4.69, 9.17) is 28.3 Å². The summed E-state index contributed by atoms with van der Waals surface area (Å²) in [5.41, 5.74) is 0.368. The highest BCUT2D eigenvalue weighted by atomic mass is 35.5. The van der Waals surface area contributed by atoms with Crippen LogP contribution in [0.3, 0.4) is 0 Å². The standard InChI is InChI=1S/C12H14Cl2N2O3/c1-6-7(12(18)19)3-4-16(6)11(17)9-5-8(13)10(14)15(9)2/h5-7H,3-4H2,1-2H3,(H,18,19). The molecule has 0 bridgehead atoms. The third kappa shape index (κ3) is 2.32. The van der Waals surface area contributed by atoms with Crippen LogP contribution in [0.5, 0.6) is 0 Å². The molecule has 2 rings (SSSR count). The Kier molecular flexibility index (Phi) is 3.78. The largest absolute Gasteiger partial charge is 0.481 e. The van der Waals surface area contributed by atoms with Crippen molar-refractivity contribution in [2.45, 2.75) is 19.4 Å². The van der Waals surface area contributed by atoms with Crippen molar-refractivity contribution in [1.82, 2.24) is 9.47 Å². The molecular formula is C12H14Cl2N2O3. The SMILES string of the molecule is CC1C(C(=O)O)CCN1C(=O)c1cc(Cl)c(Cl)n1C. The summed E-state index contributed by atoms with van der Waals surface area (Å²) in [5.74, 6) is -1.63. The van der Waals surface area contributed by atoms with Crippen LogP contribution in [0.4, 0.5) is 0 Å². The van der Waals surface area contributed by atoms with Gasteiger partial charge in [0.1, 0.15) is 10.8 Å². The van der Waals surface area contributed by atoms with E-state index in [0.29, 0.717) is 28.8 Å². The Morgan fingerprint density at radius 2 is 2.05 bits per heavy atom. The molecule has 0 spiro atoms. The number of hydrogen-bond acceptors (Lipinski definition) is 2. The molecule has 1 amide bonds. The molecule has 104 valence electrons. The van der Waals surface area contributed by atoms with E-state index in [9.17, 15) is 9.59 Å². The summed E-state index contributed by atoms with van der Waals surface area (Å²) in [5, 5.41) is 9.68. The number of carboxylic acid groups (broad SMARTS) is 1. The van der Waals surface area contributed by atoms with Gasteiger partial charge in [-0.1, -0.05) is 23.2 Å². The van der Waals surface area contributed by atoms with Gasteiger partial charge in [0.15, 0.2) is 0 Å². The molecule has 0 aromatic carbocycles. The monoisotopic (exact) mass is 304 g/mol. The average Bonchev–Trinajstić information content (AvgIpc) is 2.85. The Morgan fingerprint density at radius 3 is 2.47 bits per heavy atom. The Morgan fingerprint density at radius 1 is 1.42 bits per heavy atom. The lowest BCUT2D eigenvalue weighted by Crippen LogP contribution is -2.38. The number of aromatic nitrogens is 1. The maximum atomic E-state index is 12.4. The van der Waals surface area contributed by atoms with Gasteiger partial charge in [-0.3, -0.25) is 9.59 Å². The minimum Gasteiger partial charge on any atom is -0.481 e. The average molecular weight is 305 g/mol. The van der Waals surface area contributed by atoms with Gasteiger partial charge in [0, 0.05) is 19.6 Å². The Bertz CT molecular complexity index is 541. The first-order chi connectivity index (χ1) is 8.84. The van der Waals surface area contributed by atoms with Crippen LogP contribution in [-0.2, 0) is 11.8 Å². The lowest BCUT2D eigenvalue weighted by Gasteiger charge is -2.23. The third-order valence-electron chi connectivity index (χ3n) is 3.67. The molecule has 1 fully saturated rings. The van der Waals surface area contributed by atoms with E-state index in [1.807, 2.05) is 0 Å². The predicted molar refractivity (Wildman–Crippen MR) is 71.7 cm³/mol. The fourth-order valence-corrected chi connectivity index (χ4v) is 2.83. The summed E-state index contributed by atoms with van der Waals surface area (Å²) >= 11 is 11.8. The zero-order valence-corrected chi connectivity index (χ0v) is 12.1. The van der Waals surface area contributed by atoms with E-state index in [1.165, 1.54) is 10.6 Å². The van der Waals surface area contributed by atoms with E-state index in [0.717, 1.165) is 0 Å². The molecule has 0 saturated carbocycles. The maximum Gasteiger partial charge on any atom is 0.308 e. The van der Waals surface area contributed by atoms with Gasteiger partial charge in [0.25, 0.3) is 5.91 Å². The highest BCUT2D eigenvalue weighted by Crippen LogP contribution is 2.30. The fraction of sp³-hybridized carbons (Fsp3) is 0.500. The number of hydrogen-bond donors (Lipinski definition) is 1. The molecular weight excluding hydrogens is 291 g/mol. The zero-order chi connectivity index (χ0) is 14.3. The van der Waals surface area contributed by atoms with Gasteiger partial charge in [-0.25, -0.2) is 0 Å². The van der Waals surface area contributed by atoms with Crippen molar-refractivity contribution in [2.75, 3.05) is 6.54 Å². The van der Waals surface area contributed by atoms with E-state index >= 15 is 0 Å². The second-order valence-corrected chi connectivity index (χ2v) is 5.47. The molecule has 1 N–H and O–H groups in total. The molecule has 1 aromatic rings. The van der Waals surface area contributed by atoms with Gasteiger partial charge < -0.3 is 14.6 Å². The van der Waals surface area contributed by atoms with Crippen molar-refractivity contribution >= 4 is 35.1 Å². The van der Waals surface area contributed by atoms with Crippen LogP contribution >= 0.6 is 23.2 Å². The van der Waals surface area contributed by atoms with Crippen molar-refractivity contribution in [3.05, 3.63) is 21.9 Å². The van der Waals surface area contributed by atoms with E-state index in [2.05, 4.69) is 0 Å². The first-order valence-corrected chi connectivity index (χ1v) is 6.64. The Labute approximate surface area is 120 Å². The van der Waals surface area contributed by atoms with Gasteiger partial charge in [0.2, 0.25) is 0 Å². The third-order valence-corrected chi connectivity index (χ3v) is 4.51. The quantitative estimate of drug-likeness (QED) is 0.911. The summed E-state index contributed by atoms with van der Waals surface area (Å²) in [6.45, 7) is 2.17. The first kappa shape index (κ1) is 14.2. The number of aliphatic carboxylic acids is 1. The number of nitrogens with zero attached hydrogens (tertiary/aromatic N) is 2. The van der Waals surface area contributed by atoms with Crippen LogP contribution in [0, 0.1) is 5.92 Å². The normalized spacial score (nSPS) is 22.8. The highest BCUT2D eigenvalue weighted by Gasteiger charge is 2.39. The topological polar surface area (TPSA) is 62.5 Å². The van der Waals surface area contributed by atoms with Gasteiger partial charge in [-0.05, 0) is 19.4 Å². The molecule has 0 radical (unpaired) electrons. The Balaban J connectivity index is 2.26. The lowest BCUT2D eigenvalue weighted by atomic mass is 10.0. The summed E-state index contributed by atoms with van der Waals surface area (Å²) in [7, 11) is 1.65. The van der Waals surface area contributed by atoms with E-state index in [1.54, 1.807) is 18.9 Å². The molecule has 19 heavy (non-hydrogen) atoms. The van der Waals surface area contributed by atoms with Crippen LogP contribution in [0.25, 0.3) is 0 Å². The van der Waals surface area contributed by atoms with Crippen LogP contribution in [0.15, 0.2) is 6.07 Å². The molecule has 1 saturated heterocycles. The van der Waals surface area contributed by atoms with Gasteiger partial charge >= 0.3 is 5.97 Å². The fourth-order valence-electron chi connectivity index (χ4n) is 2.45. The first-order valence-electron chi connectivity index (χ1n) is 5.89. The van der Waals surface area contributed by atoms with Gasteiger partial charge in [-0.2, -0.15) is 0 Å². The minimum atomic E-state index is -0.870. The van der Waals surface area contributed by atoms with Crippen molar-refractivity contribution in [1.29, 1.82) is 0 Å². The van der Waals surface area contributed by atoms with Crippen LogP contribution in [0.2, 0.25) is 10.2 Å². The molecule has 2 heterocycles. The summed E-state index contributed by atoms with van der Waals surface area (Å²) in [6.07, 6.45) is 0.466. The van der Waals surface area contributed by atoms with Gasteiger partial charge in [0.05, 0.1) is 10.9 Å². The second kappa shape index (κ2) is 5.06. The minimum absolute atomic E-state index is 0.243. The molecule has 1 aliphatic heterocycles. The molecule has 5 nitrogen and oxygen atoms in total. The highest BCUT2D eigenvalue weighted by molar-refractivity contribution is 6.41. The molecule has 1 aliphatic rings. The smallest absolute Gasteiger partial charge is 0.308 e. The molecule has 0 aliphatic carbocycles. The molecule has 2 unspecified atom stereocenters. The van der Waals surface area contributed by atoms with Crippen LogP contribution in [-0.4, -0.2) is 39.0 Å². The van der Waals surface area contributed by atoms with E-state index in [-0.39, 0.29) is 11.9 Å². The predicted octanol–water partition coefficient (Wildman–Crippen LogP) is 2.27. The van der Waals surface area contributed by atoms with Gasteiger partial charge in [-0.15, -0.1) is 0 Å². The number of halogens is 2. The molecule has 1 aromatic heterocycles. The van der Waals surface area contributed by atoms with Crippen LogP contribution < -0.4 is 0 Å². The number of carbonyl (C=O) groups excluding carboxylic acids is 1. The molecule has 7 heteroatoms. The number of rotatable bonds is 2. The number of amides is 1. The number of carbonyl (C=O) groups is 2. The lowest BCUT2D eigenvalue weighted by molar-refractivity contribution is -0.142. The van der Waals surface area contributed by atoms with Crippen molar-refractivity contribution in [2.24, 2.45) is 13.0 Å². The Hall–Kier alpha value is -1.20. The summed E-state index contributed by atoms with van der Waals surface area (Å²) < 4.78 is 1.51. The van der Waals surface area contributed by atoms with E-state index < -0.39 is 11.9 Å². The van der Waals surface area contributed by atoms with Crippen molar-refractivity contribution in [3.63, 3.8) is 0 Å². The van der Waals surface area contributed by atoms with Crippen molar-refractivity contribution < 1.29 is 14.7 Å². The maximum absolute atomic E-state index is 12.4. The van der Waals surface area contributed by atoms with Crippen molar-refractivity contribution in [3.8, 4) is 0 Å². The summed E-state index contributed by atoms with van der Waals surface area (Å²) in [6, 6.07) is 1.17. The number of likely N-dealkylation sites (tertiary alicyclic amines) is 1. The second-order valence-electron chi connectivity index (χ2n) is 4.70.